The van der Waals surface area contributed by atoms with Crippen molar-refractivity contribution >= 4 is 21.6 Å². The molecule has 0 saturated carbocycles. The first kappa shape index (κ1) is 22.9. The molecule has 6 nitrogen and oxygen atoms in total. The topological polar surface area (TPSA) is 75.7 Å². The van der Waals surface area contributed by atoms with Gasteiger partial charge in [0.05, 0.1) is 11.5 Å². The van der Waals surface area contributed by atoms with Crippen molar-refractivity contribution in [3.8, 4) is 5.75 Å². The largest absolute Gasteiger partial charge is 0.493 e. The van der Waals surface area contributed by atoms with Gasteiger partial charge in [0.2, 0.25) is 0 Å². The number of rotatable bonds is 7. The van der Waals surface area contributed by atoms with Crippen molar-refractivity contribution in [1.82, 2.24) is 4.90 Å². The summed E-state index contributed by atoms with van der Waals surface area (Å²) < 4.78 is 34.1. The fourth-order valence-corrected chi connectivity index (χ4v) is 4.80. The van der Waals surface area contributed by atoms with Crippen LogP contribution >= 0.6 is 0 Å². The van der Waals surface area contributed by atoms with Crippen LogP contribution in [0.25, 0.3) is 0 Å². The highest BCUT2D eigenvalue weighted by molar-refractivity contribution is 7.92. The van der Waals surface area contributed by atoms with Gasteiger partial charge in [-0.25, -0.2) is 8.42 Å². The summed E-state index contributed by atoms with van der Waals surface area (Å²) in [5.74, 6) is 1.00. The van der Waals surface area contributed by atoms with Crippen molar-refractivity contribution < 1.29 is 17.9 Å². The van der Waals surface area contributed by atoms with E-state index in [-0.39, 0.29) is 10.8 Å². The average molecular weight is 465 g/mol. The number of sulfonamides is 1. The number of fused-ring (bicyclic) bond motifs is 1. The molecule has 1 aliphatic heterocycles. The molecule has 1 heterocycles. The molecular weight excluding hydrogens is 436 g/mol. The number of benzene rings is 3. The highest BCUT2D eigenvalue weighted by atomic mass is 32.2. The fourth-order valence-electron chi connectivity index (χ4n) is 3.75. The zero-order valence-corrected chi connectivity index (χ0v) is 19.6. The maximum Gasteiger partial charge on any atom is 0.261 e. The van der Waals surface area contributed by atoms with E-state index in [0.29, 0.717) is 42.6 Å². The third-order valence-corrected chi connectivity index (χ3v) is 6.89. The lowest BCUT2D eigenvalue weighted by Gasteiger charge is -2.29. The lowest BCUT2D eigenvalue weighted by atomic mass is 9.98. The molecule has 4 rings (SSSR count). The summed E-state index contributed by atoms with van der Waals surface area (Å²) in [7, 11) is -3.75. The quantitative estimate of drug-likeness (QED) is 0.549. The van der Waals surface area contributed by atoms with E-state index in [0.717, 1.165) is 17.5 Å². The number of anilines is 1. The van der Waals surface area contributed by atoms with Crippen molar-refractivity contribution in [2.75, 3.05) is 17.9 Å². The van der Waals surface area contributed by atoms with E-state index >= 15 is 0 Å². The van der Waals surface area contributed by atoms with Crippen LogP contribution in [-0.4, -0.2) is 32.4 Å². The van der Waals surface area contributed by atoms with Crippen molar-refractivity contribution in [3.05, 3.63) is 89.5 Å². The molecule has 0 unspecified atom stereocenters. The normalized spacial score (nSPS) is 13.5. The molecule has 1 N–H and O–H groups in total. The monoisotopic (exact) mass is 464 g/mol. The molecule has 172 valence electrons. The molecule has 0 atom stereocenters. The second-order valence-electron chi connectivity index (χ2n) is 8.61. The Morgan fingerprint density at radius 2 is 1.73 bits per heavy atom. The standard InChI is InChI=1S/C26H28N2O4S/c1-19(2)18-32-24-10-12-25(13-11-24)33(30,31)27-23-9-8-20-14-15-28(17-22(20)16-23)26(29)21-6-4-3-5-7-21/h3-13,16,19,27H,14-15,17-18H2,1-2H3. The first-order chi connectivity index (χ1) is 15.8. The Morgan fingerprint density at radius 3 is 2.42 bits per heavy atom. The van der Waals surface area contributed by atoms with Gasteiger partial charge in [0, 0.05) is 24.3 Å². The van der Waals surface area contributed by atoms with Gasteiger partial charge in [0.15, 0.2) is 0 Å². The van der Waals surface area contributed by atoms with E-state index in [9.17, 15) is 13.2 Å². The fraction of sp³-hybridized carbons (Fsp3) is 0.269. The third-order valence-electron chi connectivity index (χ3n) is 5.50. The molecule has 1 amide bonds. The average Bonchev–Trinajstić information content (AvgIpc) is 2.82. The maximum absolute atomic E-state index is 12.9. The Morgan fingerprint density at radius 1 is 1.00 bits per heavy atom. The summed E-state index contributed by atoms with van der Waals surface area (Å²) in [6, 6.07) is 21.1. The van der Waals surface area contributed by atoms with Crippen LogP contribution in [0.3, 0.4) is 0 Å². The highest BCUT2D eigenvalue weighted by Crippen LogP contribution is 2.26. The summed E-state index contributed by atoms with van der Waals surface area (Å²) in [6.07, 6.45) is 0.735. The molecule has 33 heavy (non-hydrogen) atoms. The first-order valence-corrected chi connectivity index (χ1v) is 12.5. The van der Waals surface area contributed by atoms with Crippen molar-refractivity contribution in [1.29, 1.82) is 0 Å². The third kappa shape index (κ3) is 5.54. The molecule has 0 fully saturated rings. The van der Waals surface area contributed by atoms with E-state index in [1.54, 1.807) is 23.1 Å². The molecule has 0 radical (unpaired) electrons. The maximum atomic E-state index is 12.9. The van der Waals surface area contributed by atoms with E-state index in [1.807, 2.05) is 42.5 Å². The number of hydrogen-bond donors (Lipinski definition) is 1. The lowest BCUT2D eigenvalue weighted by Crippen LogP contribution is -2.36. The SMILES string of the molecule is CC(C)COc1ccc(S(=O)(=O)Nc2ccc3c(c2)CN(C(=O)c2ccccc2)CC3)cc1. The second kappa shape index (κ2) is 9.67. The van der Waals surface area contributed by atoms with Gasteiger partial charge in [0.1, 0.15) is 5.75 Å². The molecule has 0 aliphatic carbocycles. The number of nitrogens with one attached hydrogen (secondary N) is 1. The molecule has 3 aromatic rings. The molecule has 0 saturated heterocycles. The van der Waals surface area contributed by atoms with Gasteiger partial charge < -0.3 is 9.64 Å². The summed E-state index contributed by atoms with van der Waals surface area (Å²) in [6.45, 7) is 5.76. The van der Waals surface area contributed by atoms with Crippen LogP contribution < -0.4 is 9.46 Å². The van der Waals surface area contributed by atoms with Crippen LogP contribution in [0.15, 0.2) is 77.7 Å². The Kier molecular flexibility index (Phi) is 6.70. The Hall–Kier alpha value is -3.32. The molecule has 1 aliphatic rings. The van der Waals surface area contributed by atoms with Gasteiger partial charge in [-0.15, -0.1) is 0 Å². The Bertz CT molecular complexity index is 1220. The minimum atomic E-state index is -3.75. The summed E-state index contributed by atoms with van der Waals surface area (Å²) in [4.78, 5) is 14.8. The Labute approximate surface area is 195 Å². The van der Waals surface area contributed by atoms with Crippen LogP contribution in [-0.2, 0) is 23.0 Å². The summed E-state index contributed by atoms with van der Waals surface area (Å²) in [5, 5.41) is 0. The minimum Gasteiger partial charge on any atom is -0.493 e. The zero-order chi connectivity index (χ0) is 23.4. The number of amides is 1. The summed E-state index contributed by atoms with van der Waals surface area (Å²) in [5.41, 5.74) is 3.20. The van der Waals surface area contributed by atoms with Crippen molar-refractivity contribution in [3.63, 3.8) is 0 Å². The number of carbonyl (C=O) groups excluding carboxylic acids is 1. The van der Waals surface area contributed by atoms with E-state index in [4.69, 9.17) is 4.74 Å². The first-order valence-electron chi connectivity index (χ1n) is 11.0. The van der Waals surface area contributed by atoms with Gasteiger partial charge in [-0.2, -0.15) is 0 Å². The molecule has 3 aromatic carbocycles. The van der Waals surface area contributed by atoms with Gasteiger partial charge in [0.25, 0.3) is 15.9 Å². The van der Waals surface area contributed by atoms with Crippen LogP contribution in [0.4, 0.5) is 5.69 Å². The molecule has 0 aromatic heterocycles. The van der Waals surface area contributed by atoms with Crippen LogP contribution in [0.5, 0.6) is 5.75 Å². The number of nitrogens with zero attached hydrogens (tertiary/aromatic N) is 1. The predicted octanol–water partition coefficient (Wildman–Crippen LogP) is 4.72. The number of carbonyl (C=O) groups is 1. The lowest BCUT2D eigenvalue weighted by molar-refractivity contribution is 0.0734. The Balaban J connectivity index is 1.47. The molecule has 0 bridgehead atoms. The van der Waals surface area contributed by atoms with Gasteiger partial charge >= 0.3 is 0 Å². The summed E-state index contributed by atoms with van der Waals surface area (Å²) >= 11 is 0. The van der Waals surface area contributed by atoms with Crippen LogP contribution in [0, 0.1) is 5.92 Å². The number of ether oxygens (including phenoxy) is 1. The van der Waals surface area contributed by atoms with Crippen molar-refractivity contribution in [2.45, 2.75) is 31.7 Å². The zero-order valence-electron chi connectivity index (χ0n) is 18.8. The number of hydrogen-bond acceptors (Lipinski definition) is 4. The van der Waals surface area contributed by atoms with Gasteiger partial charge in [-0.05, 0) is 72.0 Å². The second-order valence-corrected chi connectivity index (χ2v) is 10.3. The molecule has 0 spiro atoms. The molecular formula is C26H28N2O4S. The van der Waals surface area contributed by atoms with Gasteiger partial charge in [-0.1, -0.05) is 38.1 Å². The van der Waals surface area contributed by atoms with Gasteiger partial charge in [-0.3, -0.25) is 9.52 Å². The van der Waals surface area contributed by atoms with Crippen LogP contribution in [0.2, 0.25) is 0 Å². The van der Waals surface area contributed by atoms with E-state index in [2.05, 4.69) is 18.6 Å². The highest BCUT2D eigenvalue weighted by Gasteiger charge is 2.23. The minimum absolute atomic E-state index is 0.0213. The van der Waals surface area contributed by atoms with Crippen molar-refractivity contribution in [2.24, 2.45) is 5.92 Å². The van der Waals surface area contributed by atoms with E-state index in [1.165, 1.54) is 12.1 Å². The molecule has 7 heteroatoms. The smallest absolute Gasteiger partial charge is 0.261 e. The predicted molar refractivity (Wildman–Crippen MR) is 129 cm³/mol. The van der Waals surface area contributed by atoms with E-state index < -0.39 is 10.0 Å². The van der Waals surface area contributed by atoms with Crippen LogP contribution in [0.1, 0.15) is 35.3 Å².